The maximum Gasteiger partial charge on any atom is 0.153 e. The third kappa shape index (κ3) is 4.05. The van der Waals surface area contributed by atoms with Gasteiger partial charge in [-0.3, -0.25) is 5.41 Å². The SMILES string of the molecule is CCCC=C(C)C(=N)N(NC)NC. The first-order valence-corrected chi connectivity index (χ1v) is 4.57. The van der Waals surface area contributed by atoms with Crippen molar-refractivity contribution >= 4 is 5.84 Å². The van der Waals surface area contributed by atoms with Gasteiger partial charge in [0.25, 0.3) is 0 Å². The number of unbranched alkanes of at least 4 members (excludes halogenated alkanes) is 1. The molecule has 0 radical (unpaired) electrons. The highest BCUT2D eigenvalue weighted by molar-refractivity contribution is 5.94. The van der Waals surface area contributed by atoms with Crippen molar-refractivity contribution in [3.05, 3.63) is 11.6 Å². The summed E-state index contributed by atoms with van der Waals surface area (Å²) in [6.45, 7) is 4.07. The van der Waals surface area contributed by atoms with E-state index < -0.39 is 0 Å². The van der Waals surface area contributed by atoms with E-state index >= 15 is 0 Å². The summed E-state index contributed by atoms with van der Waals surface area (Å²) in [6.07, 6.45) is 4.21. The first-order chi connectivity index (χ1) is 6.17. The van der Waals surface area contributed by atoms with Gasteiger partial charge in [-0.1, -0.05) is 19.4 Å². The van der Waals surface area contributed by atoms with Crippen LogP contribution >= 0.6 is 0 Å². The van der Waals surface area contributed by atoms with E-state index in [1.807, 2.05) is 6.92 Å². The molecule has 0 heterocycles. The summed E-state index contributed by atoms with van der Waals surface area (Å²) in [4.78, 5) is 0. The molecule has 3 N–H and O–H groups in total. The van der Waals surface area contributed by atoms with Crippen LogP contribution in [0.3, 0.4) is 0 Å². The van der Waals surface area contributed by atoms with Crippen LogP contribution in [0.5, 0.6) is 0 Å². The molecule has 0 bridgehead atoms. The molecular weight excluding hydrogens is 164 g/mol. The number of nitrogens with one attached hydrogen (secondary N) is 3. The number of nitrogens with zero attached hydrogens (tertiary/aromatic N) is 1. The van der Waals surface area contributed by atoms with Gasteiger partial charge in [0.05, 0.1) is 0 Å². The van der Waals surface area contributed by atoms with Gasteiger partial charge in [-0.15, -0.1) is 0 Å². The molecule has 0 aliphatic rings. The topological polar surface area (TPSA) is 51.2 Å². The van der Waals surface area contributed by atoms with Gasteiger partial charge in [0.15, 0.2) is 5.84 Å². The lowest BCUT2D eigenvalue weighted by atomic mass is 10.2. The lowest BCUT2D eigenvalue weighted by Gasteiger charge is -2.22. The van der Waals surface area contributed by atoms with E-state index in [1.54, 1.807) is 19.2 Å². The molecule has 0 unspecified atom stereocenters. The molecule has 0 aliphatic carbocycles. The molecule has 4 heteroatoms. The second-order valence-corrected chi connectivity index (χ2v) is 2.81. The normalized spacial score (nSPS) is 11.5. The molecule has 0 aromatic heterocycles. The summed E-state index contributed by atoms with van der Waals surface area (Å²) in [5.41, 5.74) is 6.71. The van der Waals surface area contributed by atoms with E-state index in [9.17, 15) is 0 Å². The zero-order chi connectivity index (χ0) is 10.3. The van der Waals surface area contributed by atoms with Crippen LogP contribution in [0.1, 0.15) is 26.7 Å². The Balaban J connectivity index is 4.22. The van der Waals surface area contributed by atoms with E-state index in [-0.39, 0.29) is 0 Å². The minimum atomic E-state index is 0.457. The fourth-order valence-electron chi connectivity index (χ4n) is 0.969. The number of hydrogen-bond acceptors (Lipinski definition) is 3. The Hall–Kier alpha value is -0.870. The van der Waals surface area contributed by atoms with E-state index in [2.05, 4.69) is 23.9 Å². The number of rotatable bonds is 5. The van der Waals surface area contributed by atoms with E-state index in [0.717, 1.165) is 18.4 Å². The maximum atomic E-state index is 7.76. The standard InChI is InChI=1S/C9H20N4/c1-5-6-7-8(2)9(10)13(11-3)12-4/h7,10-12H,5-6H2,1-4H3. The molecule has 0 amide bonds. The van der Waals surface area contributed by atoms with Crippen LogP contribution in [0.2, 0.25) is 0 Å². The van der Waals surface area contributed by atoms with Gasteiger partial charge in [0.2, 0.25) is 0 Å². The van der Waals surface area contributed by atoms with Crippen molar-refractivity contribution in [2.24, 2.45) is 0 Å². The molecular formula is C9H20N4. The van der Waals surface area contributed by atoms with Crippen molar-refractivity contribution in [1.29, 1.82) is 5.41 Å². The van der Waals surface area contributed by atoms with Gasteiger partial charge in [0, 0.05) is 14.1 Å². The second-order valence-electron chi connectivity index (χ2n) is 2.81. The average Bonchev–Trinajstić information content (AvgIpc) is 2.15. The minimum Gasteiger partial charge on any atom is -0.282 e. The van der Waals surface area contributed by atoms with E-state index in [1.165, 1.54) is 0 Å². The summed E-state index contributed by atoms with van der Waals surface area (Å²) in [7, 11) is 3.55. The Labute approximate surface area is 80.5 Å². The van der Waals surface area contributed by atoms with Crippen LogP contribution < -0.4 is 10.9 Å². The minimum absolute atomic E-state index is 0.457. The van der Waals surface area contributed by atoms with Crippen LogP contribution in [0, 0.1) is 5.41 Å². The van der Waals surface area contributed by atoms with E-state index in [4.69, 9.17) is 5.41 Å². The number of amidine groups is 1. The molecule has 0 rings (SSSR count). The molecule has 0 aromatic carbocycles. The second kappa shape index (κ2) is 6.62. The molecule has 4 nitrogen and oxygen atoms in total. The summed E-state index contributed by atoms with van der Waals surface area (Å²) in [5, 5.41) is 9.33. The highest BCUT2D eigenvalue weighted by Gasteiger charge is 2.05. The number of allylic oxidation sites excluding steroid dienone is 1. The molecule has 0 spiro atoms. The smallest absolute Gasteiger partial charge is 0.153 e. The summed E-state index contributed by atoms with van der Waals surface area (Å²) >= 11 is 0. The maximum absolute atomic E-state index is 7.76. The van der Waals surface area contributed by atoms with Crippen LogP contribution in [-0.2, 0) is 0 Å². The Bertz CT molecular complexity index is 182. The lowest BCUT2D eigenvalue weighted by molar-refractivity contribution is 0.265. The Morgan fingerprint density at radius 1 is 1.38 bits per heavy atom. The molecule has 0 atom stereocenters. The Morgan fingerprint density at radius 2 is 1.92 bits per heavy atom. The fourth-order valence-corrected chi connectivity index (χ4v) is 0.969. The van der Waals surface area contributed by atoms with Gasteiger partial charge >= 0.3 is 0 Å². The van der Waals surface area contributed by atoms with E-state index in [0.29, 0.717) is 5.84 Å². The Kier molecular flexibility index (Phi) is 6.18. The van der Waals surface area contributed by atoms with Gasteiger partial charge in [-0.05, 0) is 18.9 Å². The highest BCUT2D eigenvalue weighted by atomic mass is 15.7. The van der Waals surface area contributed by atoms with Crippen LogP contribution in [-0.4, -0.2) is 25.0 Å². The first kappa shape index (κ1) is 12.1. The first-order valence-electron chi connectivity index (χ1n) is 4.57. The van der Waals surface area contributed by atoms with Crippen LogP contribution in [0.4, 0.5) is 0 Å². The number of hydrazine groups is 2. The summed E-state index contributed by atoms with van der Waals surface area (Å²) in [5.74, 6) is 0.457. The zero-order valence-corrected chi connectivity index (χ0v) is 8.94. The van der Waals surface area contributed by atoms with Crippen molar-refractivity contribution < 1.29 is 0 Å². The van der Waals surface area contributed by atoms with Gasteiger partial charge < -0.3 is 0 Å². The van der Waals surface area contributed by atoms with Crippen molar-refractivity contribution in [3.63, 3.8) is 0 Å². The summed E-state index contributed by atoms with van der Waals surface area (Å²) < 4.78 is 0. The Morgan fingerprint density at radius 3 is 2.31 bits per heavy atom. The molecule has 76 valence electrons. The molecule has 0 fully saturated rings. The zero-order valence-electron chi connectivity index (χ0n) is 8.94. The predicted molar refractivity (Wildman–Crippen MR) is 56.4 cm³/mol. The number of hydrogen-bond donors (Lipinski definition) is 3. The van der Waals surface area contributed by atoms with Crippen molar-refractivity contribution in [2.75, 3.05) is 14.1 Å². The molecule has 0 saturated heterocycles. The lowest BCUT2D eigenvalue weighted by Crippen LogP contribution is -2.48. The van der Waals surface area contributed by atoms with Crippen LogP contribution in [0.15, 0.2) is 11.6 Å². The van der Waals surface area contributed by atoms with Crippen molar-refractivity contribution in [2.45, 2.75) is 26.7 Å². The largest absolute Gasteiger partial charge is 0.282 e. The molecule has 0 aromatic rings. The molecule has 13 heavy (non-hydrogen) atoms. The average molecular weight is 184 g/mol. The monoisotopic (exact) mass is 184 g/mol. The quantitative estimate of drug-likeness (QED) is 0.343. The van der Waals surface area contributed by atoms with Crippen molar-refractivity contribution in [3.8, 4) is 0 Å². The van der Waals surface area contributed by atoms with Gasteiger partial charge in [-0.25, -0.2) is 16.0 Å². The highest BCUT2D eigenvalue weighted by Crippen LogP contribution is 2.00. The predicted octanol–water partition coefficient (Wildman–Crippen LogP) is 1.28. The molecule has 0 saturated carbocycles. The van der Waals surface area contributed by atoms with Crippen LogP contribution in [0.25, 0.3) is 0 Å². The molecule has 0 aliphatic heterocycles. The van der Waals surface area contributed by atoms with Crippen molar-refractivity contribution in [1.82, 2.24) is 16.0 Å². The third-order valence-corrected chi connectivity index (χ3v) is 1.78. The third-order valence-electron chi connectivity index (χ3n) is 1.78. The summed E-state index contributed by atoms with van der Waals surface area (Å²) in [6, 6.07) is 0. The van der Waals surface area contributed by atoms with Gasteiger partial charge in [-0.2, -0.15) is 0 Å². The van der Waals surface area contributed by atoms with Gasteiger partial charge in [0.1, 0.15) is 0 Å². The fraction of sp³-hybridized carbons (Fsp3) is 0.667.